The molecule has 2 aliphatic rings. The van der Waals surface area contributed by atoms with Crippen LogP contribution in [-0.2, 0) is 12.5 Å². The summed E-state index contributed by atoms with van der Waals surface area (Å²) in [6.45, 7) is -2.72. The molecule has 1 unspecified atom stereocenters. The second-order valence-electron chi connectivity index (χ2n) is 7.39. The van der Waals surface area contributed by atoms with Gasteiger partial charge in [-0.25, -0.2) is 14.7 Å². The Balaban J connectivity index is 1.58. The molecule has 9 nitrogen and oxygen atoms in total. The number of alkyl halides is 2. The van der Waals surface area contributed by atoms with E-state index in [0.717, 1.165) is 16.5 Å². The summed E-state index contributed by atoms with van der Waals surface area (Å²) in [6, 6.07) is 7.29. The number of aromatic nitrogens is 4. The van der Waals surface area contributed by atoms with Crippen LogP contribution >= 0.6 is 0 Å². The predicted molar refractivity (Wildman–Crippen MR) is 103 cm³/mol. The van der Waals surface area contributed by atoms with Crippen LogP contribution in [0.3, 0.4) is 0 Å². The first kappa shape index (κ1) is 17.7. The van der Waals surface area contributed by atoms with Crippen molar-refractivity contribution in [2.24, 2.45) is 28.5 Å². The van der Waals surface area contributed by atoms with Gasteiger partial charge in [0.25, 0.3) is 0 Å². The minimum atomic E-state index is -2.72. The molecule has 0 amide bonds. The average molecular weight is 399 g/mol. The van der Waals surface area contributed by atoms with Gasteiger partial charge in [-0.15, -0.1) is 0 Å². The van der Waals surface area contributed by atoms with Crippen molar-refractivity contribution in [2.75, 3.05) is 0 Å². The highest BCUT2D eigenvalue weighted by atomic mass is 19.3. The second-order valence-corrected chi connectivity index (χ2v) is 7.39. The number of nitrogens with zero attached hydrogens (tertiary/aromatic N) is 6. The lowest BCUT2D eigenvalue weighted by Crippen LogP contribution is -2.56. The molecule has 0 radical (unpaired) electrons. The molecule has 5 N–H and O–H groups in total. The average Bonchev–Trinajstić information content (AvgIpc) is 3.21. The quantitative estimate of drug-likeness (QED) is 0.608. The molecule has 5 rings (SSSR count). The summed E-state index contributed by atoms with van der Waals surface area (Å²) >= 11 is 0. The maximum atomic E-state index is 13.0. The first-order valence-corrected chi connectivity index (χ1v) is 9.08. The fourth-order valence-electron chi connectivity index (χ4n) is 3.84. The van der Waals surface area contributed by atoms with Crippen LogP contribution in [0.5, 0.6) is 0 Å². The Hall–Kier alpha value is -3.34. The van der Waals surface area contributed by atoms with Crippen LogP contribution in [0.4, 0.5) is 8.78 Å². The molecule has 1 aliphatic carbocycles. The van der Waals surface area contributed by atoms with Gasteiger partial charge in [0.2, 0.25) is 5.79 Å². The van der Waals surface area contributed by atoms with Crippen molar-refractivity contribution in [2.45, 2.75) is 30.6 Å². The van der Waals surface area contributed by atoms with E-state index in [9.17, 15) is 8.78 Å². The Bertz CT molecular complexity index is 1170. The van der Waals surface area contributed by atoms with Crippen molar-refractivity contribution in [1.29, 1.82) is 0 Å². The normalized spacial score (nSPS) is 23.1. The molecule has 150 valence electrons. The van der Waals surface area contributed by atoms with Crippen molar-refractivity contribution >= 4 is 22.7 Å². The molecule has 11 heteroatoms. The minimum absolute atomic E-state index is 0.113. The molecule has 1 saturated carbocycles. The van der Waals surface area contributed by atoms with E-state index < -0.39 is 17.8 Å². The number of guanidine groups is 1. The largest absolute Gasteiger partial charge is 0.370 e. The molecule has 0 spiro atoms. The Morgan fingerprint density at radius 3 is 2.69 bits per heavy atom. The number of aryl methyl sites for hydroxylation is 1. The van der Waals surface area contributed by atoms with Crippen LogP contribution in [0, 0.1) is 0 Å². The zero-order chi connectivity index (χ0) is 20.4. The molecule has 29 heavy (non-hydrogen) atoms. The molecule has 1 aromatic carbocycles. The summed E-state index contributed by atoms with van der Waals surface area (Å²) in [5.41, 5.74) is 14.0. The summed E-state index contributed by atoms with van der Waals surface area (Å²) in [7, 11) is 1.85. The van der Waals surface area contributed by atoms with E-state index in [-0.39, 0.29) is 5.96 Å². The third-order valence-corrected chi connectivity index (χ3v) is 5.60. The van der Waals surface area contributed by atoms with Crippen LogP contribution in [0.2, 0.25) is 0 Å². The molecule has 2 aromatic heterocycles. The number of hydrogen-bond acceptors (Lipinski definition) is 7. The number of rotatable bonds is 4. The van der Waals surface area contributed by atoms with Gasteiger partial charge in [0.05, 0.1) is 22.8 Å². The zero-order valence-electron chi connectivity index (χ0n) is 15.5. The van der Waals surface area contributed by atoms with E-state index in [4.69, 9.17) is 11.5 Å². The van der Waals surface area contributed by atoms with Crippen molar-refractivity contribution in [1.82, 2.24) is 24.9 Å². The van der Waals surface area contributed by atoms with Crippen LogP contribution in [0.15, 0.2) is 46.6 Å². The Morgan fingerprint density at radius 2 is 2.00 bits per heavy atom. The SMILES string of the molecule is Cn1ncc2ccc(C3=NC(N)(C4(c5ccn(C(F)F)n5)CC4)N=C(N)N3)cc21. The lowest BCUT2D eigenvalue weighted by atomic mass is 9.93. The van der Waals surface area contributed by atoms with Gasteiger partial charge in [0.1, 0.15) is 5.84 Å². The van der Waals surface area contributed by atoms with Gasteiger partial charge in [-0.05, 0) is 25.0 Å². The number of halogens is 2. The lowest BCUT2D eigenvalue weighted by Gasteiger charge is -2.33. The standard InChI is InChI=1S/C18H19F2N9/c1-28-12-8-10(2-3-11(12)9-23-28)14-24-16(21)26-18(22,25-14)17(5-6-17)13-4-7-29(27-13)15(19)20/h2-4,7-9,15H,5-6,22H2,1H3,(H3,21,24,25,26). The molecule has 1 aliphatic heterocycles. The Morgan fingerprint density at radius 1 is 1.21 bits per heavy atom. The van der Waals surface area contributed by atoms with Crippen molar-refractivity contribution in [3.63, 3.8) is 0 Å². The highest BCUT2D eigenvalue weighted by molar-refractivity contribution is 6.11. The third-order valence-electron chi connectivity index (χ3n) is 5.60. The van der Waals surface area contributed by atoms with Crippen molar-refractivity contribution in [3.8, 4) is 0 Å². The first-order chi connectivity index (χ1) is 13.8. The summed E-state index contributed by atoms with van der Waals surface area (Å²) in [5.74, 6) is -0.870. The van der Waals surface area contributed by atoms with Gasteiger partial charge < -0.3 is 11.1 Å². The highest BCUT2D eigenvalue weighted by Crippen LogP contribution is 2.56. The van der Waals surface area contributed by atoms with E-state index in [2.05, 4.69) is 25.5 Å². The Kier molecular flexibility index (Phi) is 3.57. The van der Waals surface area contributed by atoms with Crippen LogP contribution in [0.25, 0.3) is 10.9 Å². The van der Waals surface area contributed by atoms with E-state index in [1.807, 2.05) is 25.2 Å². The maximum Gasteiger partial charge on any atom is 0.333 e. The van der Waals surface area contributed by atoms with Gasteiger partial charge in [-0.2, -0.15) is 19.0 Å². The fraction of sp³-hybridized carbons (Fsp3) is 0.333. The zero-order valence-corrected chi connectivity index (χ0v) is 15.5. The number of fused-ring (bicyclic) bond motifs is 1. The fourth-order valence-corrected chi connectivity index (χ4v) is 3.84. The van der Waals surface area contributed by atoms with E-state index in [1.54, 1.807) is 16.9 Å². The molecular formula is C18H19F2N9. The molecule has 1 atom stereocenters. The Labute approximate surface area is 164 Å². The summed E-state index contributed by atoms with van der Waals surface area (Å²) < 4.78 is 28.3. The lowest BCUT2D eigenvalue weighted by molar-refractivity contribution is 0.0556. The molecule has 0 bridgehead atoms. The van der Waals surface area contributed by atoms with Gasteiger partial charge in [-0.1, -0.05) is 12.1 Å². The third kappa shape index (κ3) is 2.61. The van der Waals surface area contributed by atoms with Gasteiger partial charge in [0.15, 0.2) is 5.96 Å². The number of hydrogen-bond donors (Lipinski definition) is 3. The molecule has 1 fully saturated rings. The number of aliphatic imine (C=N–C) groups is 2. The topological polar surface area (TPSA) is 124 Å². The van der Waals surface area contributed by atoms with Crippen molar-refractivity contribution in [3.05, 3.63) is 47.9 Å². The molecule has 0 saturated heterocycles. The second kappa shape index (κ2) is 5.83. The van der Waals surface area contributed by atoms with E-state index in [1.165, 1.54) is 6.20 Å². The number of benzene rings is 1. The number of amidine groups is 1. The summed E-state index contributed by atoms with van der Waals surface area (Å²) in [5, 5.41) is 12.2. The molecule has 3 heterocycles. The summed E-state index contributed by atoms with van der Waals surface area (Å²) in [6.07, 6.45) is 4.26. The van der Waals surface area contributed by atoms with Gasteiger partial charge >= 0.3 is 6.55 Å². The van der Waals surface area contributed by atoms with Gasteiger partial charge in [0, 0.05) is 24.2 Å². The monoisotopic (exact) mass is 399 g/mol. The van der Waals surface area contributed by atoms with Gasteiger partial charge in [-0.3, -0.25) is 10.4 Å². The minimum Gasteiger partial charge on any atom is -0.370 e. The predicted octanol–water partition coefficient (Wildman–Crippen LogP) is 1.17. The van der Waals surface area contributed by atoms with Crippen LogP contribution in [-0.4, -0.2) is 37.1 Å². The number of nitrogens with two attached hydrogens (primary N) is 2. The highest BCUT2D eigenvalue weighted by Gasteiger charge is 2.62. The maximum absolute atomic E-state index is 13.0. The smallest absolute Gasteiger partial charge is 0.333 e. The first-order valence-electron chi connectivity index (χ1n) is 9.08. The van der Waals surface area contributed by atoms with E-state index in [0.29, 0.717) is 29.1 Å². The van der Waals surface area contributed by atoms with Crippen LogP contribution < -0.4 is 16.8 Å². The number of nitrogens with one attached hydrogen (secondary N) is 1. The van der Waals surface area contributed by atoms with Crippen LogP contribution in [0.1, 0.15) is 30.6 Å². The summed E-state index contributed by atoms with van der Waals surface area (Å²) in [4.78, 5) is 9.01. The molecular weight excluding hydrogens is 380 g/mol. The van der Waals surface area contributed by atoms with E-state index >= 15 is 0 Å². The van der Waals surface area contributed by atoms with Crippen molar-refractivity contribution < 1.29 is 8.78 Å². The molecule has 3 aromatic rings.